The first-order valence-corrected chi connectivity index (χ1v) is 47.0. The highest BCUT2D eigenvalue weighted by Crippen LogP contribution is 2.52. The molecular weight excluding hydrogens is 1510 g/mol. The van der Waals surface area contributed by atoms with Crippen molar-refractivity contribution in [3.05, 3.63) is 403 Å². The van der Waals surface area contributed by atoms with Crippen LogP contribution in [0.1, 0.15) is 298 Å². The van der Waals surface area contributed by atoms with Gasteiger partial charge in [-0.2, -0.15) is 0 Å². The summed E-state index contributed by atoms with van der Waals surface area (Å²) in [7, 11) is 0. The molecule has 2 unspecified atom stereocenters. The number of fused-ring (bicyclic) bond motifs is 6. The van der Waals surface area contributed by atoms with Gasteiger partial charge >= 0.3 is 5.97 Å². The molecular formula is C123H134O2. The standard InChI is InChI=1S/2C24H28.C20H18.C19H18O2.C18H24.C18H18/c1-16-4-8-19(9-5-16)21-12-13-22(20-10-6-17(2)7-11-20)24-15-18(3)14-23(21)24;1-16-4-7-19(8-5-16)20-9-11-21(12-10-20)22-13-6-18(3)23-14-17(2)15-24(22)23;1-14-4-7-17(8-5-14)9-11-18-10-6-16(3)19-12-15(2)13-20(18)19;1-12-4-7-15(8-5-12)21-19(20)16-9-6-14(3)17-10-13(2)11-18(16)17;2*1-12-4-7-15(8-5-12)16-9-6-14(3)17-10-13(2)11-18(16)17/h4-5,8-9,12-14,17,20H,6-7,10-11,15H2,1-3H3;4-8,13,15,20-21H,9-12,14H2,1-3H3;4-8,10H,2,12-13H2,1,3H3;4-10H,11H2,1-3H3;4-5,7-8,11,14,16-18H,6,9-10H2,1-3H3;4-9,11H,10H2,1-3H3/t;;;;14-,16+,17?,18?;/m....1./s1. The zero-order valence-electron chi connectivity index (χ0n) is 78.2. The molecule has 20 rings (SSSR count). The number of aryl methyl sites for hydroxylation is 10. The molecule has 0 aliphatic heterocycles. The van der Waals surface area contributed by atoms with Crippen LogP contribution in [0.2, 0.25) is 0 Å². The summed E-state index contributed by atoms with van der Waals surface area (Å²) in [5.41, 5.74) is 50.9. The Hall–Kier alpha value is -11.1. The summed E-state index contributed by atoms with van der Waals surface area (Å²) in [5.74, 6) is 13.5. The van der Waals surface area contributed by atoms with Gasteiger partial charge in [-0.25, -0.2) is 4.79 Å². The smallest absolute Gasteiger partial charge is 0.343 e. The van der Waals surface area contributed by atoms with E-state index in [1.54, 1.807) is 44.5 Å². The van der Waals surface area contributed by atoms with Crippen molar-refractivity contribution in [2.75, 3.05) is 0 Å². The molecule has 4 atom stereocenters. The van der Waals surface area contributed by atoms with Crippen molar-refractivity contribution in [2.24, 2.45) is 23.7 Å². The Morgan fingerprint density at radius 3 is 1.37 bits per heavy atom. The summed E-state index contributed by atoms with van der Waals surface area (Å²) in [6.45, 7) is 41.7. The van der Waals surface area contributed by atoms with Gasteiger partial charge in [0.25, 0.3) is 0 Å². The van der Waals surface area contributed by atoms with Gasteiger partial charge in [0.1, 0.15) is 5.75 Å². The highest BCUT2D eigenvalue weighted by Gasteiger charge is 2.40. The Morgan fingerprint density at radius 1 is 0.344 bits per heavy atom. The van der Waals surface area contributed by atoms with E-state index in [0.29, 0.717) is 11.3 Å². The van der Waals surface area contributed by atoms with Crippen LogP contribution < -0.4 is 4.74 Å². The van der Waals surface area contributed by atoms with Crippen LogP contribution in [0.4, 0.5) is 0 Å². The maximum Gasteiger partial charge on any atom is 0.343 e. The van der Waals surface area contributed by atoms with Gasteiger partial charge < -0.3 is 4.74 Å². The predicted octanol–water partition coefficient (Wildman–Crippen LogP) is 32.5. The third kappa shape index (κ3) is 21.2. The number of rotatable bonds is 8. The summed E-state index contributed by atoms with van der Waals surface area (Å²) >= 11 is 0. The van der Waals surface area contributed by atoms with Gasteiger partial charge in [0.05, 0.1) is 5.56 Å². The molecule has 638 valence electrons. The van der Waals surface area contributed by atoms with Crippen LogP contribution in [-0.2, 0) is 38.5 Å². The second kappa shape index (κ2) is 39.6. The predicted molar refractivity (Wildman–Crippen MR) is 534 cm³/mol. The van der Waals surface area contributed by atoms with Crippen molar-refractivity contribution in [2.45, 2.75) is 251 Å². The molecule has 9 aliphatic rings. The molecule has 2 nitrogen and oxygen atoms in total. The van der Waals surface area contributed by atoms with Crippen LogP contribution in [0.15, 0.2) is 252 Å². The fraction of sp³-hybridized carbons (Fsp3) is 0.341. The fourth-order valence-electron chi connectivity index (χ4n) is 21.5. The molecule has 0 saturated heterocycles. The van der Waals surface area contributed by atoms with Crippen molar-refractivity contribution < 1.29 is 9.53 Å². The molecule has 9 aliphatic carbocycles. The maximum absolute atomic E-state index is 12.4. The minimum absolute atomic E-state index is 0.279. The maximum atomic E-state index is 12.4. The van der Waals surface area contributed by atoms with E-state index in [4.69, 9.17) is 4.74 Å². The molecule has 11 aromatic carbocycles. The molecule has 0 amide bonds. The number of hydrogen-bond donors (Lipinski definition) is 0. The molecule has 125 heavy (non-hydrogen) atoms. The first kappa shape index (κ1) is 88.7. The second-order valence-corrected chi connectivity index (χ2v) is 39.3. The third-order valence-electron chi connectivity index (χ3n) is 29.0. The van der Waals surface area contributed by atoms with Crippen molar-refractivity contribution in [1.82, 2.24) is 0 Å². The average molecular weight is 1640 g/mol. The Morgan fingerprint density at radius 2 is 0.776 bits per heavy atom. The Bertz CT molecular complexity index is 6010. The molecule has 3 fully saturated rings. The molecule has 0 bridgehead atoms. The van der Waals surface area contributed by atoms with Gasteiger partial charge in [-0.05, 0) is 406 Å². The Balaban J connectivity index is 0.000000116. The molecule has 3 saturated carbocycles. The van der Waals surface area contributed by atoms with Gasteiger partial charge in [0, 0.05) is 11.1 Å². The third-order valence-corrected chi connectivity index (χ3v) is 29.0. The largest absolute Gasteiger partial charge is 0.423 e. The van der Waals surface area contributed by atoms with Gasteiger partial charge in [-0.15, -0.1) is 0 Å². The van der Waals surface area contributed by atoms with E-state index in [2.05, 4.69) is 329 Å². The monoisotopic (exact) mass is 1640 g/mol. The quantitative estimate of drug-likeness (QED) is 0.0656. The highest BCUT2D eigenvalue weighted by atomic mass is 16.5. The normalized spacial score (nSPS) is 20.0. The van der Waals surface area contributed by atoms with E-state index in [9.17, 15) is 4.79 Å². The number of allylic oxidation sites excluding steroid dienone is 7. The lowest BCUT2D eigenvalue weighted by atomic mass is 9.66. The lowest BCUT2D eigenvalue weighted by Crippen LogP contribution is -2.28. The van der Waals surface area contributed by atoms with E-state index in [1.807, 2.05) is 43.3 Å². The summed E-state index contributed by atoms with van der Waals surface area (Å²) in [5, 5.41) is 0. The van der Waals surface area contributed by atoms with Crippen molar-refractivity contribution in [3.8, 4) is 39.8 Å². The van der Waals surface area contributed by atoms with Gasteiger partial charge in [0.2, 0.25) is 0 Å². The molecule has 0 radical (unpaired) electrons. The number of carbonyl (C=O) groups excluding carboxylic acids is 1. The topological polar surface area (TPSA) is 26.3 Å². The molecule has 0 spiro atoms. The zero-order valence-corrected chi connectivity index (χ0v) is 78.2. The number of ether oxygens (including phenoxy) is 1. The van der Waals surface area contributed by atoms with Gasteiger partial charge in [-0.1, -0.05) is 312 Å². The van der Waals surface area contributed by atoms with Crippen LogP contribution in [0.25, 0.3) is 46.6 Å². The zero-order chi connectivity index (χ0) is 87.9. The van der Waals surface area contributed by atoms with E-state index in [-0.39, 0.29) is 5.97 Å². The van der Waals surface area contributed by atoms with Crippen molar-refractivity contribution in [1.29, 1.82) is 0 Å². The minimum atomic E-state index is -0.279. The Labute approximate surface area is 751 Å². The lowest BCUT2D eigenvalue weighted by molar-refractivity contribution is 0.0733. The van der Waals surface area contributed by atoms with Crippen LogP contribution in [0, 0.1) is 105 Å². The molecule has 2 heteroatoms. The summed E-state index contributed by atoms with van der Waals surface area (Å²) in [6.07, 6.45) is 33.2. The van der Waals surface area contributed by atoms with E-state index in [0.717, 1.165) is 108 Å². The van der Waals surface area contributed by atoms with Crippen LogP contribution in [-0.4, -0.2) is 5.97 Å². The van der Waals surface area contributed by atoms with Gasteiger partial charge in [0.15, 0.2) is 0 Å². The average Bonchev–Trinajstić information content (AvgIpc) is 1.60. The van der Waals surface area contributed by atoms with E-state index >= 15 is 0 Å². The van der Waals surface area contributed by atoms with E-state index < -0.39 is 0 Å². The van der Waals surface area contributed by atoms with E-state index in [1.165, 1.54) is 204 Å². The number of hydrogen-bond acceptors (Lipinski definition) is 2. The Kier molecular flexibility index (Phi) is 28.1. The molecule has 0 aromatic heterocycles. The second-order valence-electron chi connectivity index (χ2n) is 39.3. The molecule has 0 N–H and O–H groups in total. The summed E-state index contributed by atoms with van der Waals surface area (Å²) in [4.78, 5) is 12.4. The number of benzene rings is 11. The van der Waals surface area contributed by atoms with Gasteiger partial charge in [-0.3, -0.25) is 0 Å². The van der Waals surface area contributed by atoms with Crippen molar-refractivity contribution in [3.63, 3.8) is 0 Å². The van der Waals surface area contributed by atoms with Crippen LogP contribution in [0.5, 0.6) is 5.75 Å². The highest BCUT2D eigenvalue weighted by molar-refractivity contribution is 5.95. The first-order valence-electron chi connectivity index (χ1n) is 47.0. The van der Waals surface area contributed by atoms with Crippen LogP contribution >= 0.6 is 0 Å². The molecule has 11 aromatic rings. The lowest BCUT2D eigenvalue weighted by Gasteiger charge is -2.38. The summed E-state index contributed by atoms with van der Waals surface area (Å²) < 4.78 is 5.49. The SMILES string of the molecule is C=C1Cc2c(C)ccc(C#Cc3ccc(C)cc3)c2C1.CC1=CC2C(C1)[C@H](C)CC[C@H]2c1ccc(C)cc1.CC1=Cc2c(-c3ccc(C)cc3)ccc(C)c2C1.CC1=Cc2c(-c3ccc(C)cc3)ccc(C3CCC(C)CC3)c2C1.CC1=Cc2c(C)ccc(C(=O)Oc3ccc(C)cc3)c2C1.CC1=Cc2c(C3CCC(c4ccc(C)cc4)CC3)ccc(C)c2C1. The molecule has 0 heterocycles. The summed E-state index contributed by atoms with van der Waals surface area (Å²) in [6, 6.07) is 74.5. The van der Waals surface area contributed by atoms with Crippen molar-refractivity contribution >= 4 is 30.3 Å². The minimum Gasteiger partial charge on any atom is -0.423 e. The first-order chi connectivity index (χ1) is 60.2. The number of carbonyl (C=O) groups is 1. The number of esters is 1. The van der Waals surface area contributed by atoms with Crippen LogP contribution in [0.3, 0.4) is 0 Å². The fourth-order valence-corrected chi connectivity index (χ4v) is 21.5.